The number of benzene rings is 2. The van der Waals surface area contributed by atoms with Gasteiger partial charge >= 0.3 is 5.97 Å². The highest BCUT2D eigenvalue weighted by Gasteiger charge is 2.21. The first-order valence-electron chi connectivity index (χ1n) is 7.14. The van der Waals surface area contributed by atoms with Crippen molar-refractivity contribution in [3.05, 3.63) is 69.7 Å². The normalized spacial score (nSPS) is 11.6. The third-order valence-electron chi connectivity index (χ3n) is 3.32. The number of carbonyl (C=O) groups is 2. The lowest BCUT2D eigenvalue weighted by molar-refractivity contribution is -0.143. The Labute approximate surface area is 149 Å². The number of nitrogens with one attached hydrogen (secondary N) is 2. The molecule has 1 amide bonds. The van der Waals surface area contributed by atoms with Gasteiger partial charge in [0.15, 0.2) is 0 Å². The molecule has 0 saturated carbocycles. The minimum atomic E-state index is -0.748. The number of hydrazine groups is 1. The maximum absolute atomic E-state index is 12.3. The molecule has 0 fully saturated rings. The van der Waals surface area contributed by atoms with Gasteiger partial charge in [-0.1, -0.05) is 59.6 Å². The number of halogens is 2. The highest BCUT2D eigenvalue weighted by molar-refractivity contribution is 6.39. The van der Waals surface area contributed by atoms with Crippen LogP contribution in [-0.2, 0) is 16.0 Å². The molecule has 2 rings (SSSR count). The van der Waals surface area contributed by atoms with Crippen LogP contribution in [0.15, 0.2) is 48.5 Å². The number of esters is 1. The molecule has 0 radical (unpaired) electrons. The van der Waals surface area contributed by atoms with Crippen molar-refractivity contribution in [3.8, 4) is 0 Å². The van der Waals surface area contributed by atoms with E-state index in [9.17, 15) is 9.59 Å². The molecule has 5 nitrogen and oxygen atoms in total. The van der Waals surface area contributed by atoms with Crippen LogP contribution < -0.4 is 10.9 Å². The average Bonchev–Trinajstić information content (AvgIpc) is 2.58. The third kappa shape index (κ3) is 4.71. The van der Waals surface area contributed by atoms with Crippen molar-refractivity contribution in [2.45, 2.75) is 12.5 Å². The third-order valence-corrected chi connectivity index (χ3v) is 3.95. The lowest BCUT2D eigenvalue weighted by atomic mass is 10.1. The summed E-state index contributed by atoms with van der Waals surface area (Å²) in [5.41, 5.74) is 6.20. The number of methoxy groups -OCH3 is 1. The average molecular weight is 367 g/mol. The highest BCUT2D eigenvalue weighted by Crippen LogP contribution is 2.23. The monoisotopic (exact) mass is 366 g/mol. The summed E-state index contributed by atoms with van der Waals surface area (Å²) in [6.45, 7) is 0. The maximum Gasteiger partial charge on any atom is 0.325 e. The Morgan fingerprint density at radius 1 is 1.04 bits per heavy atom. The molecule has 0 aliphatic rings. The number of rotatable bonds is 6. The van der Waals surface area contributed by atoms with Crippen molar-refractivity contribution in [1.82, 2.24) is 10.9 Å². The molecule has 2 N–H and O–H groups in total. The van der Waals surface area contributed by atoms with Crippen LogP contribution in [0.1, 0.15) is 15.9 Å². The topological polar surface area (TPSA) is 67.4 Å². The van der Waals surface area contributed by atoms with E-state index < -0.39 is 17.9 Å². The van der Waals surface area contributed by atoms with Crippen molar-refractivity contribution >= 4 is 35.1 Å². The maximum atomic E-state index is 12.3. The Kier molecular flexibility index (Phi) is 6.61. The Morgan fingerprint density at radius 2 is 1.67 bits per heavy atom. The van der Waals surface area contributed by atoms with E-state index in [4.69, 9.17) is 27.9 Å². The van der Waals surface area contributed by atoms with Gasteiger partial charge in [-0.2, -0.15) is 0 Å². The Hall–Kier alpha value is -2.08. The van der Waals surface area contributed by atoms with Crippen molar-refractivity contribution < 1.29 is 14.3 Å². The van der Waals surface area contributed by atoms with Gasteiger partial charge in [-0.3, -0.25) is 15.0 Å². The molecule has 24 heavy (non-hydrogen) atoms. The van der Waals surface area contributed by atoms with Crippen molar-refractivity contribution in [2.24, 2.45) is 0 Å². The first-order valence-corrected chi connectivity index (χ1v) is 7.90. The molecule has 0 aromatic heterocycles. The summed E-state index contributed by atoms with van der Waals surface area (Å²) in [6, 6.07) is 13.4. The van der Waals surface area contributed by atoms with Crippen molar-refractivity contribution in [1.29, 1.82) is 0 Å². The predicted octanol–water partition coefficient (Wildman–Crippen LogP) is 3.01. The van der Waals surface area contributed by atoms with Gasteiger partial charge < -0.3 is 4.74 Å². The summed E-state index contributed by atoms with van der Waals surface area (Å²) in [4.78, 5) is 24.2. The van der Waals surface area contributed by atoms with E-state index >= 15 is 0 Å². The summed E-state index contributed by atoms with van der Waals surface area (Å²) < 4.78 is 4.77. The molecule has 2 aromatic rings. The molecule has 1 atom stereocenters. The second kappa shape index (κ2) is 8.68. The van der Waals surface area contributed by atoms with E-state index in [-0.39, 0.29) is 15.6 Å². The lowest BCUT2D eigenvalue weighted by Crippen LogP contribution is -2.49. The van der Waals surface area contributed by atoms with Gasteiger partial charge in [0.05, 0.1) is 22.7 Å². The van der Waals surface area contributed by atoms with E-state index in [1.165, 1.54) is 7.11 Å². The Morgan fingerprint density at radius 3 is 2.25 bits per heavy atom. The number of amides is 1. The molecule has 7 heteroatoms. The van der Waals surface area contributed by atoms with Gasteiger partial charge in [0.25, 0.3) is 5.91 Å². The lowest BCUT2D eigenvalue weighted by Gasteiger charge is -2.17. The predicted molar refractivity (Wildman–Crippen MR) is 93.0 cm³/mol. The zero-order chi connectivity index (χ0) is 17.5. The zero-order valence-corrected chi connectivity index (χ0v) is 14.4. The number of hydrogen-bond donors (Lipinski definition) is 2. The Bertz CT molecular complexity index is 703. The van der Waals surface area contributed by atoms with E-state index in [2.05, 4.69) is 10.9 Å². The minimum absolute atomic E-state index is 0.136. The molecule has 0 heterocycles. The largest absolute Gasteiger partial charge is 0.468 e. The van der Waals surface area contributed by atoms with Crippen LogP contribution in [0.4, 0.5) is 0 Å². The highest BCUT2D eigenvalue weighted by atomic mass is 35.5. The van der Waals surface area contributed by atoms with E-state index in [1.54, 1.807) is 18.2 Å². The molecular weight excluding hydrogens is 351 g/mol. The molecule has 0 spiro atoms. The van der Waals surface area contributed by atoms with Gasteiger partial charge in [0, 0.05) is 6.42 Å². The van der Waals surface area contributed by atoms with Gasteiger partial charge in [-0.25, -0.2) is 5.43 Å². The standard InChI is InChI=1S/C17H16Cl2N2O3/c1-24-17(23)14(10-11-6-3-2-4-7-11)20-21-16(22)15-12(18)8-5-9-13(15)19/h2-9,14,20H,10H2,1H3,(H,21,22)/t14-/m0/s1. The smallest absolute Gasteiger partial charge is 0.325 e. The summed E-state index contributed by atoms with van der Waals surface area (Å²) in [6.07, 6.45) is 0.351. The van der Waals surface area contributed by atoms with Crippen LogP contribution in [0, 0.1) is 0 Å². The van der Waals surface area contributed by atoms with Crippen LogP contribution in [-0.4, -0.2) is 25.0 Å². The fraction of sp³-hybridized carbons (Fsp3) is 0.176. The molecule has 0 unspecified atom stereocenters. The second-order valence-corrected chi connectivity index (χ2v) is 5.77. The van der Waals surface area contributed by atoms with Gasteiger partial charge in [-0.05, 0) is 17.7 Å². The van der Waals surface area contributed by atoms with Crippen molar-refractivity contribution in [3.63, 3.8) is 0 Å². The quantitative estimate of drug-likeness (QED) is 0.609. The summed E-state index contributed by atoms with van der Waals surface area (Å²) >= 11 is 12.0. The SMILES string of the molecule is COC(=O)[C@H](Cc1ccccc1)NNC(=O)c1c(Cl)cccc1Cl. The van der Waals surface area contributed by atoms with Crippen molar-refractivity contribution in [2.75, 3.05) is 7.11 Å². The van der Waals surface area contributed by atoms with E-state index in [1.807, 2.05) is 30.3 Å². The van der Waals surface area contributed by atoms with Crippen LogP contribution >= 0.6 is 23.2 Å². The minimum Gasteiger partial charge on any atom is -0.468 e. The number of ether oxygens (including phenoxy) is 1. The summed E-state index contributed by atoms with van der Waals surface area (Å²) in [7, 11) is 1.29. The molecule has 0 saturated heterocycles. The number of carbonyl (C=O) groups excluding carboxylic acids is 2. The zero-order valence-electron chi connectivity index (χ0n) is 12.9. The van der Waals surface area contributed by atoms with Gasteiger partial charge in [-0.15, -0.1) is 0 Å². The summed E-state index contributed by atoms with van der Waals surface area (Å²) in [5.74, 6) is -1.03. The first kappa shape index (κ1) is 18.3. The van der Waals surface area contributed by atoms with Gasteiger partial charge in [0.1, 0.15) is 6.04 Å². The second-order valence-electron chi connectivity index (χ2n) is 4.96. The van der Waals surface area contributed by atoms with E-state index in [0.29, 0.717) is 6.42 Å². The Balaban J connectivity index is 2.07. The number of hydrogen-bond acceptors (Lipinski definition) is 4. The van der Waals surface area contributed by atoms with Crippen LogP contribution in [0.2, 0.25) is 10.0 Å². The molecular formula is C17H16Cl2N2O3. The van der Waals surface area contributed by atoms with E-state index in [0.717, 1.165) is 5.56 Å². The van der Waals surface area contributed by atoms with Crippen LogP contribution in [0.3, 0.4) is 0 Å². The molecule has 0 aliphatic heterocycles. The summed E-state index contributed by atoms with van der Waals surface area (Å²) in [5, 5.41) is 0.443. The first-order chi connectivity index (χ1) is 11.5. The molecule has 0 aliphatic carbocycles. The van der Waals surface area contributed by atoms with Crippen LogP contribution in [0.5, 0.6) is 0 Å². The fourth-order valence-corrected chi connectivity index (χ4v) is 2.68. The van der Waals surface area contributed by atoms with Crippen LogP contribution in [0.25, 0.3) is 0 Å². The fourth-order valence-electron chi connectivity index (χ4n) is 2.12. The molecule has 126 valence electrons. The van der Waals surface area contributed by atoms with Gasteiger partial charge in [0.2, 0.25) is 0 Å². The molecule has 0 bridgehead atoms. The molecule has 2 aromatic carbocycles.